The van der Waals surface area contributed by atoms with Gasteiger partial charge in [-0.2, -0.15) is 10.2 Å². The molecule has 3 rings (SSSR count). The third-order valence-electron chi connectivity index (χ3n) is 4.31. The van der Waals surface area contributed by atoms with Crippen molar-refractivity contribution in [2.45, 2.75) is 25.4 Å². The highest BCUT2D eigenvalue weighted by Crippen LogP contribution is 2.23. The molecule has 130 valence electrons. The molecule has 0 bridgehead atoms. The van der Waals surface area contributed by atoms with Gasteiger partial charge in [0, 0.05) is 25.5 Å². The van der Waals surface area contributed by atoms with E-state index in [1.807, 2.05) is 30.3 Å². The SMILES string of the molecule is CN(C(=O)NCc1cccnn1)[C@H]1CCCN(c2ccccc2)C1=O. The van der Waals surface area contributed by atoms with Crippen molar-refractivity contribution in [1.29, 1.82) is 0 Å². The molecule has 0 radical (unpaired) electrons. The molecular formula is C18H21N5O2. The molecule has 7 nitrogen and oxygen atoms in total. The van der Waals surface area contributed by atoms with Gasteiger partial charge in [0.15, 0.2) is 0 Å². The van der Waals surface area contributed by atoms with Crippen molar-refractivity contribution in [3.63, 3.8) is 0 Å². The highest BCUT2D eigenvalue weighted by atomic mass is 16.2. The van der Waals surface area contributed by atoms with E-state index in [2.05, 4.69) is 15.5 Å². The molecule has 2 aromatic rings. The lowest BCUT2D eigenvalue weighted by Crippen LogP contribution is -2.55. The number of nitrogens with one attached hydrogen (secondary N) is 1. The van der Waals surface area contributed by atoms with Crippen LogP contribution < -0.4 is 10.2 Å². The van der Waals surface area contributed by atoms with Crippen LogP contribution >= 0.6 is 0 Å². The Morgan fingerprint density at radius 2 is 2.08 bits per heavy atom. The lowest BCUT2D eigenvalue weighted by molar-refractivity contribution is -0.123. The Hall–Kier alpha value is -2.96. The van der Waals surface area contributed by atoms with Gasteiger partial charge in [0.2, 0.25) is 5.91 Å². The maximum absolute atomic E-state index is 12.8. The minimum Gasteiger partial charge on any atom is -0.332 e. The zero-order chi connectivity index (χ0) is 17.6. The lowest BCUT2D eigenvalue weighted by atomic mass is 10.0. The average molecular weight is 339 g/mol. The van der Waals surface area contributed by atoms with Crippen LogP contribution in [0.3, 0.4) is 0 Å². The van der Waals surface area contributed by atoms with E-state index in [0.717, 1.165) is 12.1 Å². The first-order valence-electron chi connectivity index (χ1n) is 8.30. The van der Waals surface area contributed by atoms with Crippen LogP contribution in [0.2, 0.25) is 0 Å². The van der Waals surface area contributed by atoms with Crippen LogP contribution in [0.25, 0.3) is 0 Å². The monoisotopic (exact) mass is 339 g/mol. The first-order valence-corrected chi connectivity index (χ1v) is 8.30. The van der Waals surface area contributed by atoms with Crippen LogP contribution in [0, 0.1) is 0 Å². The fraction of sp³-hybridized carbons (Fsp3) is 0.333. The molecule has 25 heavy (non-hydrogen) atoms. The smallest absolute Gasteiger partial charge is 0.318 e. The predicted molar refractivity (Wildman–Crippen MR) is 93.8 cm³/mol. The van der Waals surface area contributed by atoms with E-state index in [9.17, 15) is 9.59 Å². The highest BCUT2D eigenvalue weighted by Gasteiger charge is 2.34. The number of hydrogen-bond acceptors (Lipinski definition) is 4. The first kappa shape index (κ1) is 16.9. The number of hydrogen-bond donors (Lipinski definition) is 1. The lowest BCUT2D eigenvalue weighted by Gasteiger charge is -2.36. The zero-order valence-electron chi connectivity index (χ0n) is 14.1. The molecule has 1 saturated heterocycles. The summed E-state index contributed by atoms with van der Waals surface area (Å²) in [5.74, 6) is -0.0467. The Kier molecular flexibility index (Phi) is 5.23. The second kappa shape index (κ2) is 7.74. The van der Waals surface area contributed by atoms with Gasteiger partial charge in [-0.15, -0.1) is 0 Å². The van der Waals surface area contributed by atoms with Crippen LogP contribution in [0.15, 0.2) is 48.7 Å². The van der Waals surface area contributed by atoms with Gasteiger partial charge in [-0.05, 0) is 37.1 Å². The molecular weight excluding hydrogens is 318 g/mol. The van der Waals surface area contributed by atoms with Crippen LogP contribution in [0.5, 0.6) is 0 Å². The summed E-state index contributed by atoms with van der Waals surface area (Å²) in [7, 11) is 1.66. The minimum atomic E-state index is -0.462. The normalized spacial score (nSPS) is 17.2. The molecule has 1 aliphatic heterocycles. The third-order valence-corrected chi connectivity index (χ3v) is 4.31. The van der Waals surface area contributed by atoms with E-state index in [-0.39, 0.29) is 18.5 Å². The molecule has 1 aromatic carbocycles. The number of aromatic nitrogens is 2. The molecule has 2 heterocycles. The summed E-state index contributed by atoms with van der Waals surface area (Å²) < 4.78 is 0. The molecule has 3 amide bonds. The van der Waals surface area contributed by atoms with Crippen molar-refractivity contribution in [1.82, 2.24) is 20.4 Å². The minimum absolute atomic E-state index is 0.0467. The molecule has 0 aliphatic carbocycles. The number of anilines is 1. The van der Waals surface area contributed by atoms with E-state index >= 15 is 0 Å². The maximum atomic E-state index is 12.8. The Balaban J connectivity index is 1.63. The number of para-hydroxylation sites is 1. The Morgan fingerprint density at radius 1 is 1.28 bits per heavy atom. The van der Waals surface area contributed by atoms with Crippen molar-refractivity contribution >= 4 is 17.6 Å². The number of urea groups is 1. The van der Waals surface area contributed by atoms with Crippen LogP contribution in [0.1, 0.15) is 18.5 Å². The van der Waals surface area contributed by atoms with Gasteiger partial charge in [-0.3, -0.25) is 4.79 Å². The maximum Gasteiger partial charge on any atom is 0.318 e. The van der Waals surface area contributed by atoms with Crippen LogP contribution in [0.4, 0.5) is 10.5 Å². The summed E-state index contributed by atoms with van der Waals surface area (Å²) >= 11 is 0. The van der Waals surface area contributed by atoms with Gasteiger partial charge in [-0.1, -0.05) is 18.2 Å². The summed E-state index contributed by atoms with van der Waals surface area (Å²) in [5.41, 5.74) is 1.54. The molecule has 7 heteroatoms. The number of nitrogens with zero attached hydrogens (tertiary/aromatic N) is 4. The molecule has 0 spiro atoms. The van der Waals surface area contributed by atoms with Crippen molar-refractivity contribution in [2.75, 3.05) is 18.5 Å². The number of amides is 3. The van der Waals surface area contributed by atoms with Crippen molar-refractivity contribution in [3.8, 4) is 0 Å². The van der Waals surface area contributed by atoms with Crippen molar-refractivity contribution in [2.24, 2.45) is 0 Å². The molecule has 0 unspecified atom stereocenters. The van der Waals surface area contributed by atoms with Gasteiger partial charge in [0.25, 0.3) is 0 Å². The second-order valence-electron chi connectivity index (χ2n) is 5.97. The van der Waals surface area contributed by atoms with Gasteiger partial charge < -0.3 is 15.1 Å². The summed E-state index contributed by atoms with van der Waals surface area (Å²) in [6.07, 6.45) is 3.10. The van der Waals surface area contributed by atoms with E-state index in [1.165, 1.54) is 4.90 Å². The van der Waals surface area contributed by atoms with Crippen molar-refractivity contribution in [3.05, 3.63) is 54.4 Å². The largest absolute Gasteiger partial charge is 0.332 e. The molecule has 1 aliphatic rings. The Morgan fingerprint density at radius 3 is 2.80 bits per heavy atom. The molecule has 1 aromatic heterocycles. The van der Waals surface area contributed by atoms with E-state index < -0.39 is 6.04 Å². The van der Waals surface area contributed by atoms with Gasteiger partial charge >= 0.3 is 6.03 Å². The summed E-state index contributed by atoms with van der Waals surface area (Å²) in [5, 5.41) is 10.5. The number of carbonyl (C=O) groups is 2. The number of carbonyl (C=O) groups excluding carboxylic acids is 2. The first-order chi connectivity index (χ1) is 12.2. The highest BCUT2D eigenvalue weighted by molar-refractivity contribution is 5.99. The molecule has 1 atom stereocenters. The summed E-state index contributed by atoms with van der Waals surface area (Å²) in [6.45, 7) is 0.953. The zero-order valence-corrected chi connectivity index (χ0v) is 14.1. The average Bonchev–Trinajstić information content (AvgIpc) is 2.67. The van der Waals surface area contributed by atoms with E-state index in [4.69, 9.17) is 0 Å². The molecule has 0 saturated carbocycles. The number of piperidine rings is 1. The van der Waals surface area contributed by atoms with Gasteiger partial charge in [0.05, 0.1) is 12.2 Å². The Labute approximate surface area is 146 Å². The van der Waals surface area contributed by atoms with Crippen molar-refractivity contribution < 1.29 is 9.59 Å². The fourth-order valence-electron chi connectivity index (χ4n) is 2.94. The van der Waals surface area contributed by atoms with Crippen LogP contribution in [-0.4, -0.2) is 46.7 Å². The van der Waals surface area contributed by atoms with E-state index in [0.29, 0.717) is 18.7 Å². The number of likely N-dealkylation sites (N-methyl/N-ethyl adjacent to an activating group) is 1. The predicted octanol–water partition coefficient (Wildman–Crippen LogP) is 1.81. The molecule has 1 fully saturated rings. The van der Waals surface area contributed by atoms with E-state index in [1.54, 1.807) is 30.3 Å². The fourth-order valence-corrected chi connectivity index (χ4v) is 2.94. The summed E-state index contributed by atoms with van der Waals surface area (Å²) in [4.78, 5) is 28.5. The third kappa shape index (κ3) is 3.93. The standard InChI is InChI=1S/C18H21N5O2/c1-22(18(25)19-13-14-7-5-11-20-21-14)16-10-6-12-23(17(16)24)15-8-3-2-4-9-15/h2-5,7-9,11,16H,6,10,12-13H2,1H3,(H,19,25)/t16-/m0/s1. The summed E-state index contributed by atoms with van der Waals surface area (Å²) in [6, 6.07) is 12.4. The van der Waals surface area contributed by atoms with Gasteiger partial charge in [-0.25, -0.2) is 4.79 Å². The topological polar surface area (TPSA) is 78.4 Å². The number of rotatable bonds is 4. The quantitative estimate of drug-likeness (QED) is 0.921. The molecule has 1 N–H and O–H groups in total. The Bertz CT molecular complexity index is 723. The second-order valence-corrected chi connectivity index (χ2v) is 5.97. The number of benzene rings is 1. The van der Waals surface area contributed by atoms with Gasteiger partial charge in [0.1, 0.15) is 6.04 Å². The van der Waals surface area contributed by atoms with Crippen LogP contribution in [-0.2, 0) is 11.3 Å².